The first kappa shape index (κ1) is 18.5. The summed E-state index contributed by atoms with van der Waals surface area (Å²) in [5.41, 5.74) is 1.88. The molecule has 0 aliphatic rings. The lowest BCUT2D eigenvalue weighted by Crippen LogP contribution is -2.48. The Labute approximate surface area is 147 Å². The maximum atomic E-state index is 11.8. The van der Waals surface area contributed by atoms with Gasteiger partial charge >= 0.3 is 6.03 Å². The molecule has 0 bridgehead atoms. The molecule has 134 valence electrons. The van der Waals surface area contributed by atoms with E-state index >= 15 is 0 Å². The summed E-state index contributed by atoms with van der Waals surface area (Å²) in [4.78, 5) is 23.5. The van der Waals surface area contributed by atoms with Gasteiger partial charge in [0.1, 0.15) is 6.04 Å². The van der Waals surface area contributed by atoms with Crippen LogP contribution in [-0.2, 0) is 11.2 Å². The van der Waals surface area contributed by atoms with Crippen LogP contribution < -0.4 is 16.0 Å². The molecule has 1 aromatic carbocycles. The van der Waals surface area contributed by atoms with E-state index in [1.165, 1.54) is 0 Å². The van der Waals surface area contributed by atoms with Crippen LogP contribution in [0.25, 0.3) is 5.69 Å². The third kappa shape index (κ3) is 5.95. The number of para-hydroxylation sites is 1. The monoisotopic (exact) mass is 343 g/mol. The van der Waals surface area contributed by atoms with Crippen molar-refractivity contribution in [3.05, 3.63) is 48.3 Å². The minimum absolute atomic E-state index is 0.182. The summed E-state index contributed by atoms with van der Waals surface area (Å²) in [6.07, 6.45) is 3.37. The van der Waals surface area contributed by atoms with Crippen LogP contribution in [0.1, 0.15) is 26.0 Å². The third-order valence-corrected chi connectivity index (χ3v) is 3.62. The molecule has 0 saturated carbocycles. The molecule has 7 heteroatoms. The fraction of sp³-hybridized carbons (Fsp3) is 0.389. The molecule has 2 rings (SSSR count). The van der Waals surface area contributed by atoms with Crippen molar-refractivity contribution in [1.29, 1.82) is 0 Å². The van der Waals surface area contributed by atoms with Crippen LogP contribution in [-0.4, -0.2) is 40.9 Å². The maximum absolute atomic E-state index is 11.8. The Kier molecular flexibility index (Phi) is 7.00. The molecule has 2 aromatic rings. The molecule has 1 heterocycles. The third-order valence-electron chi connectivity index (χ3n) is 3.62. The van der Waals surface area contributed by atoms with E-state index in [2.05, 4.69) is 21.0 Å². The normalized spacial score (nSPS) is 11.6. The topological polar surface area (TPSA) is 88.0 Å². The fourth-order valence-corrected chi connectivity index (χ4v) is 2.24. The number of hydrogen-bond acceptors (Lipinski definition) is 3. The predicted molar refractivity (Wildman–Crippen MR) is 96.6 cm³/mol. The number of carbonyl (C=O) groups excluding carboxylic acids is 2. The van der Waals surface area contributed by atoms with Gasteiger partial charge in [-0.2, -0.15) is 5.10 Å². The number of benzene rings is 1. The first-order valence-corrected chi connectivity index (χ1v) is 8.52. The van der Waals surface area contributed by atoms with Crippen LogP contribution in [0.2, 0.25) is 0 Å². The summed E-state index contributed by atoms with van der Waals surface area (Å²) in [5.74, 6) is -0.182. The maximum Gasteiger partial charge on any atom is 0.315 e. The van der Waals surface area contributed by atoms with Gasteiger partial charge in [-0.05, 0) is 31.5 Å². The number of urea groups is 1. The highest BCUT2D eigenvalue weighted by atomic mass is 16.2. The summed E-state index contributed by atoms with van der Waals surface area (Å²) in [6.45, 7) is 4.69. The molecular weight excluding hydrogens is 318 g/mol. The summed E-state index contributed by atoms with van der Waals surface area (Å²) < 4.78 is 1.80. The van der Waals surface area contributed by atoms with E-state index in [1.807, 2.05) is 49.5 Å². The molecule has 25 heavy (non-hydrogen) atoms. The van der Waals surface area contributed by atoms with Crippen molar-refractivity contribution in [2.75, 3.05) is 13.1 Å². The van der Waals surface area contributed by atoms with E-state index in [4.69, 9.17) is 0 Å². The second kappa shape index (κ2) is 9.46. The molecular formula is C18H25N5O2. The molecule has 3 amide bonds. The molecule has 7 nitrogen and oxygen atoms in total. The van der Waals surface area contributed by atoms with E-state index in [9.17, 15) is 9.59 Å². The van der Waals surface area contributed by atoms with E-state index in [0.717, 1.165) is 17.8 Å². The number of nitrogens with one attached hydrogen (secondary N) is 3. The smallest absolute Gasteiger partial charge is 0.315 e. The first-order chi connectivity index (χ1) is 12.1. The average Bonchev–Trinajstić information content (AvgIpc) is 3.09. The quantitative estimate of drug-likeness (QED) is 0.681. The van der Waals surface area contributed by atoms with Gasteiger partial charge < -0.3 is 16.0 Å². The van der Waals surface area contributed by atoms with Crippen LogP contribution in [0.15, 0.2) is 42.6 Å². The lowest BCUT2D eigenvalue weighted by molar-refractivity contribution is -0.122. The van der Waals surface area contributed by atoms with Crippen molar-refractivity contribution < 1.29 is 9.59 Å². The Morgan fingerprint density at radius 3 is 2.60 bits per heavy atom. The van der Waals surface area contributed by atoms with Gasteiger partial charge in [0.05, 0.1) is 11.4 Å². The molecule has 1 aromatic heterocycles. The summed E-state index contributed by atoms with van der Waals surface area (Å²) in [5, 5.41) is 12.6. The summed E-state index contributed by atoms with van der Waals surface area (Å²) in [6, 6.07) is 10.8. The highest BCUT2D eigenvalue weighted by molar-refractivity contribution is 5.86. The van der Waals surface area contributed by atoms with Crippen molar-refractivity contribution in [1.82, 2.24) is 25.7 Å². The van der Waals surface area contributed by atoms with Crippen LogP contribution in [0, 0.1) is 0 Å². The van der Waals surface area contributed by atoms with E-state index in [1.54, 1.807) is 11.6 Å². The van der Waals surface area contributed by atoms with Crippen LogP contribution in [0.5, 0.6) is 0 Å². The molecule has 0 unspecified atom stereocenters. The minimum Gasteiger partial charge on any atom is -0.354 e. The second-order valence-corrected chi connectivity index (χ2v) is 5.75. The van der Waals surface area contributed by atoms with Gasteiger partial charge in [0.2, 0.25) is 5.91 Å². The number of nitrogens with zero attached hydrogens (tertiary/aromatic N) is 2. The van der Waals surface area contributed by atoms with Gasteiger partial charge in [-0.1, -0.05) is 25.1 Å². The largest absolute Gasteiger partial charge is 0.354 e. The molecule has 3 N–H and O–H groups in total. The average molecular weight is 343 g/mol. The van der Waals surface area contributed by atoms with Gasteiger partial charge in [-0.3, -0.25) is 4.79 Å². The molecule has 0 radical (unpaired) electrons. The fourth-order valence-electron chi connectivity index (χ4n) is 2.24. The SMILES string of the molecule is CCCNC(=O)[C@H](C)NC(=O)NCCc1ccn(-c2ccccc2)n1. The Balaban J connectivity index is 1.73. The molecule has 0 fully saturated rings. The van der Waals surface area contributed by atoms with Crippen LogP contribution in [0.4, 0.5) is 4.79 Å². The van der Waals surface area contributed by atoms with Crippen molar-refractivity contribution in [2.45, 2.75) is 32.7 Å². The number of aromatic nitrogens is 2. The van der Waals surface area contributed by atoms with E-state index in [0.29, 0.717) is 19.5 Å². The van der Waals surface area contributed by atoms with Crippen molar-refractivity contribution in [2.24, 2.45) is 0 Å². The summed E-state index contributed by atoms with van der Waals surface area (Å²) in [7, 11) is 0. The molecule has 0 spiro atoms. The zero-order valence-electron chi connectivity index (χ0n) is 14.7. The number of rotatable bonds is 8. The minimum atomic E-state index is -0.566. The highest BCUT2D eigenvalue weighted by Gasteiger charge is 2.14. The zero-order valence-corrected chi connectivity index (χ0v) is 14.7. The lowest BCUT2D eigenvalue weighted by Gasteiger charge is -2.14. The zero-order chi connectivity index (χ0) is 18.1. The molecule has 0 saturated heterocycles. The van der Waals surface area contributed by atoms with Gasteiger partial charge in [-0.15, -0.1) is 0 Å². The van der Waals surface area contributed by atoms with Gasteiger partial charge in [0, 0.05) is 25.7 Å². The van der Waals surface area contributed by atoms with Crippen molar-refractivity contribution >= 4 is 11.9 Å². The highest BCUT2D eigenvalue weighted by Crippen LogP contribution is 2.06. The van der Waals surface area contributed by atoms with Gasteiger partial charge in [-0.25, -0.2) is 9.48 Å². The molecule has 1 atom stereocenters. The predicted octanol–water partition coefficient (Wildman–Crippen LogP) is 1.63. The number of amides is 3. The van der Waals surface area contributed by atoms with Crippen molar-refractivity contribution in [3.63, 3.8) is 0 Å². The standard InChI is InChI=1S/C18H25N5O2/c1-3-11-19-17(24)14(2)21-18(25)20-12-9-15-10-13-23(22-15)16-7-5-4-6-8-16/h4-8,10,13-14H,3,9,11-12H2,1-2H3,(H,19,24)(H2,20,21,25)/t14-/m0/s1. The van der Waals surface area contributed by atoms with Crippen LogP contribution >= 0.6 is 0 Å². The summed E-state index contributed by atoms with van der Waals surface area (Å²) >= 11 is 0. The molecule has 0 aliphatic heterocycles. The van der Waals surface area contributed by atoms with Gasteiger partial charge in [0.25, 0.3) is 0 Å². The Bertz CT molecular complexity index is 684. The Morgan fingerprint density at radius 2 is 1.88 bits per heavy atom. The van der Waals surface area contributed by atoms with E-state index in [-0.39, 0.29) is 11.9 Å². The Morgan fingerprint density at radius 1 is 1.12 bits per heavy atom. The van der Waals surface area contributed by atoms with Crippen molar-refractivity contribution in [3.8, 4) is 5.69 Å². The van der Waals surface area contributed by atoms with Gasteiger partial charge in [0.15, 0.2) is 0 Å². The van der Waals surface area contributed by atoms with E-state index < -0.39 is 6.04 Å². The number of carbonyl (C=O) groups is 2. The Hall–Kier alpha value is -2.83. The molecule has 0 aliphatic carbocycles. The lowest BCUT2D eigenvalue weighted by atomic mass is 10.3. The second-order valence-electron chi connectivity index (χ2n) is 5.75. The van der Waals surface area contributed by atoms with Crippen LogP contribution in [0.3, 0.4) is 0 Å². The number of hydrogen-bond donors (Lipinski definition) is 3. The first-order valence-electron chi connectivity index (χ1n) is 8.52.